The SMILES string of the molecule is CCOC(=O)CN1CCCC(OCC)C1. The quantitative estimate of drug-likeness (QED) is 0.643. The molecule has 4 nitrogen and oxygen atoms in total. The Kier molecular flexibility index (Phi) is 5.65. The highest BCUT2D eigenvalue weighted by Crippen LogP contribution is 2.12. The van der Waals surface area contributed by atoms with Crippen molar-refractivity contribution in [3.05, 3.63) is 0 Å². The predicted octanol–water partition coefficient (Wildman–Crippen LogP) is 1.05. The van der Waals surface area contributed by atoms with Gasteiger partial charge in [0.1, 0.15) is 0 Å². The van der Waals surface area contributed by atoms with Crippen LogP contribution >= 0.6 is 0 Å². The van der Waals surface area contributed by atoms with E-state index in [2.05, 4.69) is 4.90 Å². The van der Waals surface area contributed by atoms with Crippen molar-refractivity contribution in [1.29, 1.82) is 0 Å². The van der Waals surface area contributed by atoms with Gasteiger partial charge in [0, 0.05) is 13.2 Å². The van der Waals surface area contributed by atoms with Gasteiger partial charge in [0.05, 0.1) is 19.3 Å². The molecule has 1 aliphatic rings. The third kappa shape index (κ3) is 4.62. The van der Waals surface area contributed by atoms with Crippen molar-refractivity contribution in [2.45, 2.75) is 32.8 Å². The normalized spacial score (nSPS) is 22.7. The van der Waals surface area contributed by atoms with Gasteiger partial charge >= 0.3 is 5.97 Å². The smallest absolute Gasteiger partial charge is 0.320 e. The van der Waals surface area contributed by atoms with E-state index in [0.717, 1.165) is 32.5 Å². The van der Waals surface area contributed by atoms with E-state index in [1.807, 2.05) is 13.8 Å². The van der Waals surface area contributed by atoms with Crippen molar-refractivity contribution in [3.63, 3.8) is 0 Å². The second-order valence-electron chi connectivity index (χ2n) is 3.76. The van der Waals surface area contributed by atoms with Crippen molar-refractivity contribution in [1.82, 2.24) is 4.90 Å². The number of esters is 1. The highest BCUT2D eigenvalue weighted by molar-refractivity contribution is 5.71. The van der Waals surface area contributed by atoms with E-state index in [4.69, 9.17) is 9.47 Å². The van der Waals surface area contributed by atoms with Gasteiger partial charge in [0.2, 0.25) is 0 Å². The Morgan fingerprint density at radius 2 is 2.20 bits per heavy atom. The average molecular weight is 215 g/mol. The number of rotatable bonds is 5. The molecule has 0 radical (unpaired) electrons. The van der Waals surface area contributed by atoms with Crippen molar-refractivity contribution < 1.29 is 14.3 Å². The number of hydrogen-bond donors (Lipinski definition) is 0. The summed E-state index contributed by atoms with van der Waals surface area (Å²) < 4.78 is 10.5. The van der Waals surface area contributed by atoms with Gasteiger partial charge in [0.25, 0.3) is 0 Å². The number of hydrogen-bond acceptors (Lipinski definition) is 4. The van der Waals surface area contributed by atoms with E-state index in [1.165, 1.54) is 0 Å². The second-order valence-corrected chi connectivity index (χ2v) is 3.76. The maximum atomic E-state index is 11.3. The number of likely N-dealkylation sites (tertiary alicyclic amines) is 1. The van der Waals surface area contributed by atoms with E-state index in [-0.39, 0.29) is 12.1 Å². The highest BCUT2D eigenvalue weighted by atomic mass is 16.5. The molecule has 15 heavy (non-hydrogen) atoms. The van der Waals surface area contributed by atoms with E-state index in [0.29, 0.717) is 13.2 Å². The van der Waals surface area contributed by atoms with Crippen molar-refractivity contribution in [2.75, 3.05) is 32.8 Å². The molecular formula is C11H21NO3. The standard InChI is InChI=1S/C11H21NO3/c1-3-14-10-6-5-7-12(8-10)9-11(13)15-4-2/h10H,3-9H2,1-2H3. The van der Waals surface area contributed by atoms with E-state index in [9.17, 15) is 4.79 Å². The van der Waals surface area contributed by atoms with Crippen LogP contribution in [-0.2, 0) is 14.3 Å². The summed E-state index contributed by atoms with van der Waals surface area (Å²) in [6.07, 6.45) is 2.50. The second kappa shape index (κ2) is 6.80. The van der Waals surface area contributed by atoms with Crippen LogP contribution in [0, 0.1) is 0 Å². The Balaban J connectivity index is 2.26. The molecule has 0 spiro atoms. The molecule has 0 N–H and O–H groups in total. The van der Waals surface area contributed by atoms with Crippen LogP contribution in [0.5, 0.6) is 0 Å². The van der Waals surface area contributed by atoms with Crippen molar-refractivity contribution in [3.8, 4) is 0 Å². The van der Waals surface area contributed by atoms with Gasteiger partial charge in [-0.3, -0.25) is 9.69 Å². The zero-order valence-corrected chi connectivity index (χ0v) is 9.70. The first-order chi connectivity index (χ1) is 7.26. The van der Waals surface area contributed by atoms with Crippen molar-refractivity contribution in [2.24, 2.45) is 0 Å². The molecule has 0 aromatic heterocycles. The van der Waals surface area contributed by atoms with Gasteiger partial charge in [-0.15, -0.1) is 0 Å². The van der Waals surface area contributed by atoms with Crippen LogP contribution in [0.15, 0.2) is 0 Å². The lowest BCUT2D eigenvalue weighted by Gasteiger charge is -2.31. The average Bonchev–Trinajstić information content (AvgIpc) is 2.19. The van der Waals surface area contributed by atoms with Crippen molar-refractivity contribution >= 4 is 5.97 Å². The Labute approximate surface area is 91.5 Å². The summed E-state index contributed by atoms with van der Waals surface area (Å²) in [5.41, 5.74) is 0. The molecule has 0 aliphatic carbocycles. The molecule has 0 aromatic rings. The van der Waals surface area contributed by atoms with Crippen LogP contribution in [-0.4, -0.2) is 49.8 Å². The molecule has 1 heterocycles. The van der Waals surface area contributed by atoms with Crippen LogP contribution in [0.2, 0.25) is 0 Å². The molecule has 1 atom stereocenters. The maximum Gasteiger partial charge on any atom is 0.320 e. The number of nitrogens with zero attached hydrogens (tertiary/aromatic N) is 1. The molecule has 1 rings (SSSR count). The summed E-state index contributed by atoms with van der Waals surface area (Å²) in [5.74, 6) is -0.130. The zero-order valence-electron chi connectivity index (χ0n) is 9.70. The lowest BCUT2D eigenvalue weighted by Crippen LogP contribution is -2.42. The Hall–Kier alpha value is -0.610. The molecule has 0 bridgehead atoms. The first-order valence-corrected chi connectivity index (χ1v) is 5.75. The van der Waals surface area contributed by atoms with Crippen LogP contribution < -0.4 is 0 Å². The van der Waals surface area contributed by atoms with Gasteiger partial charge in [-0.25, -0.2) is 0 Å². The Morgan fingerprint density at radius 3 is 2.87 bits per heavy atom. The summed E-state index contributed by atoms with van der Waals surface area (Å²) in [4.78, 5) is 13.4. The van der Waals surface area contributed by atoms with Gasteiger partial charge in [-0.1, -0.05) is 0 Å². The van der Waals surface area contributed by atoms with Crippen LogP contribution in [0.1, 0.15) is 26.7 Å². The number of carbonyl (C=O) groups excluding carboxylic acids is 1. The lowest BCUT2D eigenvalue weighted by atomic mass is 10.1. The number of carbonyl (C=O) groups is 1. The number of piperidine rings is 1. The Bertz CT molecular complexity index is 194. The highest BCUT2D eigenvalue weighted by Gasteiger charge is 2.21. The molecule has 4 heteroatoms. The Morgan fingerprint density at radius 1 is 1.40 bits per heavy atom. The monoisotopic (exact) mass is 215 g/mol. The minimum Gasteiger partial charge on any atom is -0.465 e. The predicted molar refractivity (Wildman–Crippen MR) is 57.7 cm³/mol. The van der Waals surface area contributed by atoms with E-state index < -0.39 is 0 Å². The third-order valence-electron chi connectivity index (χ3n) is 2.52. The maximum absolute atomic E-state index is 11.3. The first kappa shape index (κ1) is 12.5. The minimum atomic E-state index is -0.130. The van der Waals surface area contributed by atoms with E-state index >= 15 is 0 Å². The van der Waals surface area contributed by atoms with Gasteiger partial charge < -0.3 is 9.47 Å². The topological polar surface area (TPSA) is 38.8 Å². The molecule has 1 fully saturated rings. The number of ether oxygens (including phenoxy) is 2. The molecule has 0 aromatic carbocycles. The fourth-order valence-electron chi connectivity index (χ4n) is 1.92. The fourth-order valence-corrected chi connectivity index (χ4v) is 1.92. The van der Waals surface area contributed by atoms with Crippen LogP contribution in [0.25, 0.3) is 0 Å². The molecule has 0 amide bonds. The molecule has 0 saturated carbocycles. The van der Waals surface area contributed by atoms with Gasteiger partial charge in [-0.05, 0) is 33.2 Å². The van der Waals surface area contributed by atoms with Gasteiger partial charge in [0.15, 0.2) is 0 Å². The fraction of sp³-hybridized carbons (Fsp3) is 0.909. The first-order valence-electron chi connectivity index (χ1n) is 5.75. The summed E-state index contributed by atoms with van der Waals surface area (Å²) in [5, 5.41) is 0. The molecular weight excluding hydrogens is 194 g/mol. The molecule has 1 saturated heterocycles. The summed E-state index contributed by atoms with van der Waals surface area (Å²) in [7, 11) is 0. The molecule has 1 unspecified atom stereocenters. The van der Waals surface area contributed by atoms with E-state index in [1.54, 1.807) is 0 Å². The lowest BCUT2D eigenvalue weighted by molar-refractivity contribution is -0.145. The molecule has 88 valence electrons. The minimum absolute atomic E-state index is 0.130. The summed E-state index contributed by atoms with van der Waals surface area (Å²) in [6, 6.07) is 0. The zero-order chi connectivity index (χ0) is 11.1. The largest absolute Gasteiger partial charge is 0.465 e. The summed E-state index contributed by atoms with van der Waals surface area (Å²) >= 11 is 0. The van der Waals surface area contributed by atoms with Crippen LogP contribution in [0.3, 0.4) is 0 Å². The third-order valence-corrected chi connectivity index (χ3v) is 2.52. The van der Waals surface area contributed by atoms with Crippen LogP contribution in [0.4, 0.5) is 0 Å². The summed E-state index contributed by atoms with van der Waals surface area (Å²) in [6.45, 7) is 7.27. The van der Waals surface area contributed by atoms with Gasteiger partial charge in [-0.2, -0.15) is 0 Å². The molecule has 1 aliphatic heterocycles.